The molecule has 0 radical (unpaired) electrons. The molecule has 3 aliphatic rings. The van der Waals surface area contributed by atoms with Crippen LogP contribution in [0.15, 0.2) is 73.8 Å². The zero-order chi connectivity index (χ0) is 30.2. The number of rotatable bonds is 11. The van der Waals surface area contributed by atoms with Crippen molar-refractivity contribution in [3.8, 4) is 0 Å². The molecule has 3 unspecified atom stereocenters. The van der Waals surface area contributed by atoms with Crippen molar-refractivity contribution in [2.45, 2.75) is 55.7 Å². The van der Waals surface area contributed by atoms with E-state index in [4.69, 9.17) is 4.74 Å². The summed E-state index contributed by atoms with van der Waals surface area (Å²) in [5.74, 6) is -2.30. The van der Waals surface area contributed by atoms with E-state index in [1.807, 2.05) is 62.4 Å². The quantitative estimate of drug-likeness (QED) is 0.308. The molecule has 8 heteroatoms. The molecule has 42 heavy (non-hydrogen) atoms. The highest BCUT2D eigenvalue weighted by Gasteiger charge is 2.77. The Morgan fingerprint density at radius 1 is 1.19 bits per heavy atom. The molecule has 2 bridgehead atoms. The van der Waals surface area contributed by atoms with Gasteiger partial charge >= 0.3 is 5.97 Å². The van der Waals surface area contributed by atoms with Gasteiger partial charge in [0.1, 0.15) is 12.6 Å². The average molecular weight is 589 g/mol. The van der Waals surface area contributed by atoms with Gasteiger partial charge in [0.15, 0.2) is 0 Å². The number of likely N-dealkylation sites (tertiary alicyclic amines) is 1. The zero-order valence-electron chi connectivity index (χ0n) is 24.6. The van der Waals surface area contributed by atoms with E-state index in [0.29, 0.717) is 12.8 Å². The lowest BCUT2D eigenvalue weighted by Crippen LogP contribution is -2.59. The van der Waals surface area contributed by atoms with Crippen LogP contribution in [0.3, 0.4) is 0 Å². The van der Waals surface area contributed by atoms with Crippen LogP contribution < -0.4 is 4.90 Å². The molecule has 2 aromatic rings. The molecule has 0 aliphatic carbocycles. The molecule has 0 aromatic heterocycles. The fraction of sp³-hybridized carbons (Fsp3) is 0.441. The van der Waals surface area contributed by atoms with E-state index in [2.05, 4.69) is 20.1 Å². The SMILES string of the molecule is C=CCOC(=O)[C@@H]1[C@H]2C(=O)N([C@@H](CO)Cc3ccccc3)C(C(=O)N(CC=C)c3cc(C)ccc3C)C23S[C@@H]1CC3C. The number of carbonyl (C=O) groups excluding carboxylic acids is 3. The van der Waals surface area contributed by atoms with Crippen LogP contribution in [0.25, 0.3) is 0 Å². The van der Waals surface area contributed by atoms with Gasteiger partial charge in [-0.1, -0.05) is 68.1 Å². The lowest BCUT2D eigenvalue weighted by molar-refractivity contribution is -0.154. The maximum absolute atomic E-state index is 15.0. The number of carbonyl (C=O) groups is 3. The summed E-state index contributed by atoms with van der Waals surface area (Å²) in [5, 5.41) is 10.6. The Balaban J connectivity index is 1.65. The number of aryl methyl sites for hydroxylation is 2. The second-order valence-corrected chi connectivity index (χ2v) is 13.3. The zero-order valence-corrected chi connectivity index (χ0v) is 25.4. The van der Waals surface area contributed by atoms with E-state index in [1.54, 1.807) is 27.6 Å². The van der Waals surface area contributed by atoms with Gasteiger partial charge in [0.2, 0.25) is 5.91 Å². The van der Waals surface area contributed by atoms with Crippen LogP contribution in [0.5, 0.6) is 0 Å². The van der Waals surface area contributed by atoms with Crippen LogP contribution >= 0.6 is 11.8 Å². The third-order valence-electron chi connectivity index (χ3n) is 9.18. The summed E-state index contributed by atoms with van der Waals surface area (Å²) in [6.07, 6.45) is 4.30. The molecule has 0 saturated carbocycles. The van der Waals surface area contributed by atoms with Gasteiger partial charge in [0.05, 0.1) is 29.2 Å². The topological polar surface area (TPSA) is 87.1 Å². The summed E-state index contributed by atoms with van der Waals surface area (Å²) in [4.78, 5) is 46.4. The number of thioether (sulfide) groups is 1. The molecule has 7 atom stereocenters. The van der Waals surface area contributed by atoms with Crippen molar-refractivity contribution < 1.29 is 24.2 Å². The van der Waals surface area contributed by atoms with Gasteiger partial charge in [0, 0.05) is 17.5 Å². The van der Waals surface area contributed by atoms with Gasteiger partial charge in [0.25, 0.3) is 5.91 Å². The molecule has 3 heterocycles. The number of ether oxygens (including phenoxy) is 1. The predicted octanol–water partition coefficient (Wildman–Crippen LogP) is 4.49. The van der Waals surface area contributed by atoms with E-state index < -0.39 is 34.6 Å². The molecule has 222 valence electrons. The van der Waals surface area contributed by atoms with E-state index in [1.165, 1.54) is 6.08 Å². The van der Waals surface area contributed by atoms with Gasteiger partial charge in [-0.3, -0.25) is 14.4 Å². The molecule has 2 aromatic carbocycles. The highest BCUT2D eigenvalue weighted by atomic mass is 32.2. The number of hydrogen-bond donors (Lipinski definition) is 1. The Morgan fingerprint density at radius 3 is 2.60 bits per heavy atom. The van der Waals surface area contributed by atoms with Gasteiger partial charge < -0.3 is 19.6 Å². The first kappa shape index (κ1) is 30.1. The molecule has 1 spiro atoms. The minimum atomic E-state index is -0.877. The molecule has 5 rings (SSSR count). The summed E-state index contributed by atoms with van der Waals surface area (Å²) in [5.41, 5.74) is 3.67. The molecule has 3 fully saturated rings. The summed E-state index contributed by atoms with van der Waals surface area (Å²) in [7, 11) is 0. The Hall–Kier alpha value is -3.36. The predicted molar refractivity (Wildman–Crippen MR) is 166 cm³/mol. The third-order valence-corrected chi connectivity index (χ3v) is 11.3. The Bertz CT molecular complexity index is 1380. The van der Waals surface area contributed by atoms with E-state index in [9.17, 15) is 14.7 Å². The third kappa shape index (κ3) is 4.88. The Labute approximate surface area is 252 Å². The number of anilines is 1. The number of amides is 2. The standard InChI is InChI=1S/C34H40N2O5S/c1-6-15-35(26-17-21(3)13-14-22(26)4)32(39)30-34-23(5)18-27(42-34)28(33(40)41-16-7-2)29(34)31(38)36(30)25(20-37)19-24-11-9-8-10-12-24/h6-14,17,23,25,27-30,37H,1-2,15-16,18-20H2,3-5H3/t23?,25-,27-,28+,29+,30?,34?/m1/s1. The monoisotopic (exact) mass is 588 g/mol. The number of fused-ring (bicyclic) bond motifs is 1. The summed E-state index contributed by atoms with van der Waals surface area (Å²) in [6.45, 7) is 13.6. The van der Waals surface area contributed by atoms with Crippen molar-refractivity contribution in [2.75, 3.05) is 24.7 Å². The van der Waals surface area contributed by atoms with Crippen LogP contribution in [0, 0.1) is 31.6 Å². The Kier molecular flexibility index (Phi) is 8.67. The van der Waals surface area contributed by atoms with E-state index in [-0.39, 0.29) is 42.7 Å². The number of esters is 1. The molecule has 1 N–H and O–H groups in total. The lowest BCUT2D eigenvalue weighted by atomic mass is 9.66. The highest BCUT2D eigenvalue weighted by molar-refractivity contribution is 8.02. The fourth-order valence-electron chi connectivity index (χ4n) is 7.37. The summed E-state index contributed by atoms with van der Waals surface area (Å²) in [6, 6.07) is 14.1. The number of aliphatic hydroxyl groups is 1. The van der Waals surface area contributed by atoms with Crippen molar-refractivity contribution in [3.63, 3.8) is 0 Å². The van der Waals surface area contributed by atoms with Gasteiger partial charge in [-0.05, 0) is 55.4 Å². The first-order valence-corrected chi connectivity index (χ1v) is 15.5. The number of nitrogens with zero attached hydrogens (tertiary/aromatic N) is 2. The maximum Gasteiger partial charge on any atom is 0.311 e. The summed E-state index contributed by atoms with van der Waals surface area (Å²) >= 11 is 1.60. The minimum absolute atomic E-state index is 0.0101. The minimum Gasteiger partial charge on any atom is -0.461 e. The number of benzene rings is 2. The van der Waals surface area contributed by atoms with Gasteiger partial charge in [-0.2, -0.15) is 0 Å². The normalized spacial score (nSPS) is 28.3. The smallest absolute Gasteiger partial charge is 0.311 e. The number of aliphatic hydroxyl groups excluding tert-OH is 1. The van der Waals surface area contributed by atoms with Crippen molar-refractivity contribution >= 4 is 35.2 Å². The molecule has 3 aliphatic heterocycles. The average Bonchev–Trinajstić information content (AvgIpc) is 3.58. The van der Waals surface area contributed by atoms with Crippen molar-refractivity contribution in [1.29, 1.82) is 0 Å². The van der Waals surface area contributed by atoms with Crippen molar-refractivity contribution in [2.24, 2.45) is 17.8 Å². The number of hydrogen-bond acceptors (Lipinski definition) is 6. The second kappa shape index (κ2) is 12.1. The van der Waals surface area contributed by atoms with Gasteiger partial charge in [-0.25, -0.2) is 0 Å². The molecule has 2 amide bonds. The van der Waals surface area contributed by atoms with Crippen LogP contribution in [0.4, 0.5) is 5.69 Å². The maximum atomic E-state index is 15.0. The Morgan fingerprint density at radius 2 is 1.93 bits per heavy atom. The van der Waals surface area contributed by atoms with Crippen LogP contribution in [-0.2, 0) is 25.5 Å². The first-order chi connectivity index (χ1) is 20.2. The van der Waals surface area contributed by atoms with Crippen LogP contribution in [-0.4, -0.2) is 69.6 Å². The molecular formula is C34H40N2O5S. The first-order valence-electron chi connectivity index (χ1n) is 14.6. The van der Waals surface area contributed by atoms with E-state index in [0.717, 1.165) is 22.4 Å². The van der Waals surface area contributed by atoms with E-state index >= 15 is 4.79 Å². The molecule has 7 nitrogen and oxygen atoms in total. The van der Waals surface area contributed by atoms with Crippen molar-refractivity contribution in [3.05, 3.63) is 90.5 Å². The largest absolute Gasteiger partial charge is 0.461 e. The van der Waals surface area contributed by atoms with Gasteiger partial charge in [-0.15, -0.1) is 18.3 Å². The molecule has 3 saturated heterocycles. The summed E-state index contributed by atoms with van der Waals surface area (Å²) < 4.78 is 4.68. The highest BCUT2D eigenvalue weighted by Crippen LogP contribution is 2.69. The lowest BCUT2D eigenvalue weighted by Gasteiger charge is -2.42. The second-order valence-electron chi connectivity index (χ2n) is 11.8. The van der Waals surface area contributed by atoms with Crippen molar-refractivity contribution in [1.82, 2.24) is 4.90 Å². The molecular weight excluding hydrogens is 548 g/mol. The fourth-order valence-corrected chi connectivity index (χ4v) is 9.76. The van der Waals surface area contributed by atoms with Crippen LogP contribution in [0.2, 0.25) is 0 Å². The van der Waals surface area contributed by atoms with Crippen LogP contribution in [0.1, 0.15) is 30.0 Å².